The van der Waals surface area contributed by atoms with Crippen molar-refractivity contribution in [1.29, 1.82) is 5.41 Å². The van der Waals surface area contributed by atoms with Crippen molar-refractivity contribution >= 4 is 34.3 Å². The van der Waals surface area contributed by atoms with Crippen LogP contribution in [0.4, 0.5) is 14.5 Å². The number of alkyl halides is 2. The van der Waals surface area contributed by atoms with Crippen LogP contribution in [0.25, 0.3) is 11.2 Å². The number of anilines is 1. The molecule has 2 heterocycles. The SMILES string of the molecule is CCOC(=N)C1CCC(n2cnc3c(NCC(F)F)cc(Cl)nc32)C1. The maximum Gasteiger partial charge on any atom is 0.255 e. The molecule has 2 N–H and O–H groups in total. The lowest BCUT2D eigenvalue weighted by molar-refractivity contribution is 0.163. The Kier molecular flexibility index (Phi) is 5.36. The molecular weight excluding hydrogens is 352 g/mol. The number of halogens is 3. The lowest BCUT2D eigenvalue weighted by Gasteiger charge is -2.15. The third-order valence-electron chi connectivity index (χ3n) is 4.41. The van der Waals surface area contributed by atoms with Gasteiger partial charge in [-0.25, -0.2) is 18.7 Å². The number of ether oxygens (including phenoxy) is 1. The van der Waals surface area contributed by atoms with Crippen molar-refractivity contribution in [2.45, 2.75) is 38.7 Å². The van der Waals surface area contributed by atoms with E-state index in [1.807, 2.05) is 11.5 Å². The molecule has 1 saturated carbocycles. The molecule has 0 radical (unpaired) electrons. The number of pyridine rings is 1. The van der Waals surface area contributed by atoms with Gasteiger partial charge in [0.1, 0.15) is 10.7 Å². The van der Waals surface area contributed by atoms with Crippen LogP contribution in [0.3, 0.4) is 0 Å². The van der Waals surface area contributed by atoms with E-state index in [4.69, 9.17) is 21.7 Å². The second kappa shape index (κ2) is 7.51. The van der Waals surface area contributed by atoms with Crippen LogP contribution >= 0.6 is 11.6 Å². The highest BCUT2D eigenvalue weighted by atomic mass is 35.5. The number of nitrogens with one attached hydrogen (secondary N) is 2. The first kappa shape index (κ1) is 17.8. The van der Waals surface area contributed by atoms with Crippen LogP contribution in [0.1, 0.15) is 32.2 Å². The van der Waals surface area contributed by atoms with Crippen molar-refractivity contribution in [2.24, 2.45) is 5.92 Å². The van der Waals surface area contributed by atoms with Gasteiger partial charge in [-0.3, -0.25) is 5.41 Å². The second-order valence-electron chi connectivity index (χ2n) is 6.05. The number of nitrogens with zero attached hydrogens (tertiary/aromatic N) is 3. The van der Waals surface area contributed by atoms with Crippen LogP contribution in [-0.2, 0) is 4.74 Å². The molecule has 6 nitrogen and oxygen atoms in total. The predicted molar refractivity (Wildman–Crippen MR) is 92.8 cm³/mol. The molecule has 2 aromatic heterocycles. The molecule has 1 fully saturated rings. The van der Waals surface area contributed by atoms with Crippen LogP contribution in [0.5, 0.6) is 0 Å². The van der Waals surface area contributed by atoms with Crippen LogP contribution in [-0.4, -0.2) is 40.0 Å². The highest BCUT2D eigenvalue weighted by Gasteiger charge is 2.31. The zero-order valence-corrected chi connectivity index (χ0v) is 14.6. The molecule has 0 spiro atoms. The first-order valence-corrected chi connectivity index (χ1v) is 8.63. The molecule has 0 bridgehead atoms. The molecule has 0 aliphatic heterocycles. The summed E-state index contributed by atoms with van der Waals surface area (Å²) in [7, 11) is 0. The van der Waals surface area contributed by atoms with E-state index in [2.05, 4.69) is 15.3 Å². The highest BCUT2D eigenvalue weighted by Crippen LogP contribution is 2.37. The fourth-order valence-corrected chi connectivity index (χ4v) is 3.48. The number of imidazole rings is 1. The third kappa shape index (κ3) is 3.84. The summed E-state index contributed by atoms with van der Waals surface area (Å²) in [6.45, 7) is 1.88. The number of hydrogen-bond acceptors (Lipinski definition) is 5. The molecule has 3 rings (SSSR count). The monoisotopic (exact) mass is 371 g/mol. The van der Waals surface area contributed by atoms with E-state index in [0.29, 0.717) is 29.4 Å². The van der Waals surface area contributed by atoms with E-state index in [-0.39, 0.29) is 17.1 Å². The summed E-state index contributed by atoms with van der Waals surface area (Å²) in [6.07, 6.45) is 1.70. The highest BCUT2D eigenvalue weighted by molar-refractivity contribution is 6.30. The van der Waals surface area contributed by atoms with E-state index < -0.39 is 13.0 Å². The van der Waals surface area contributed by atoms with Gasteiger partial charge in [0, 0.05) is 18.0 Å². The fraction of sp³-hybridized carbons (Fsp3) is 0.562. The van der Waals surface area contributed by atoms with E-state index in [1.165, 1.54) is 6.07 Å². The Morgan fingerprint density at radius 2 is 2.32 bits per heavy atom. The molecule has 0 saturated heterocycles. The summed E-state index contributed by atoms with van der Waals surface area (Å²) in [6, 6.07) is 1.64. The second-order valence-corrected chi connectivity index (χ2v) is 6.44. The molecular formula is C16H20ClF2N5O. The largest absolute Gasteiger partial charge is 0.481 e. The Morgan fingerprint density at radius 3 is 3.04 bits per heavy atom. The van der Waals surface area contributed by atoms with E-state index in [9.17, 15) is 8.78 Å². The quantitative estimate of drug-likeness (QED) is 0.455. The minimum Gasteiger partial charge on any atom is -0.481 e. The zero-order chi connectivity index (χ0) is 18.0. The molecule has 2 unspecified atom stereocenters. The van der Waals surface area contributed by atoms with Crippen molar-refractivity contribution in [3.8, 4) is 0 Å². The van der Waals surface area contributed by atoms with E-state index in [1.54, 1.807) is 6.33 Å². The van der Waals surface area contributed by atoms with Crippen molar-refractivity contribution < 1.29 is 13.5 Å². The normalized spacial score (nSPS) is 20.4. The van der Waals surface area contributed by atoms with Crippen LogP contribution < -0.4 is 5.32 Å². The maximum absolute atomic E-state index is 12.5. The van der Waals surface area contributed by atoms with Gasteiger partial charge in [-0.2, -0.15) is 0 Å². The number of fused-ring (bicyclic) bond motifs is 1. The average Bonchev–Trinajstić information content (AvgIpc) is 3.19. The van der Waals surface area contributed by atoms with Gasteiger partial charge < -0.3 is 14.6 Å². The van der Waals surface area contributed by atoms with Gasteiger partial charge in [-0.05, 0) is 26.2 Å². The first-order valence-electron chi connectivity index (χ1n) is 8.26. The lowest BCUT2D eigenvalue weighted by atomic mass is 10.1. The molecule has 0 aromatic carbocycles. The molecule has 1 aliphatic carbocycles. The standard InChI is InChI=1S/C16H20ClF2N5O/c1-2-25-15(20)9-3-4-10(5-9)24-8-22-14-11(21-7-13(18)19)6-12(17)23-16(14)24/h6,8-10,13,20H,2-5,7H2,1H3,(H,21,23). The summed E-state index contributed by atoms with van der Waals surface area (Å²) in [5.41, 5.74) is 1.54. The third-order valence-corrected chi connectivity index (χ3v) is 4.61. The predicted octanol–water partition coefficient (Wildman–Crippen LogP) is 4.12. The Morgan fingerprint density at radius 1 is 1.52 bits per heavy atom. The topological polar surface area (TPSA) is 75.8 Å². The Labute approximate surface area is 149 Å². The van der Waals surface area contributed by atoms with E-state index in [0.717, 1.165) is 19.3 Å². The van der Waals surface area contributed by atoms with Gasteiger partial charge in [0.05, 0.1) is 25.2 Å². The number of rotatable bonds is 6. The average molecular weight is 372 g/mol. The number of hydrogen-bond donors (Lipinski definition) is 2. The minimum atomic E-state index is -2.47. The van der Waals surface area contributed by atoms with Gasteiger partial charge >= 0.3 is 0 Å². The molecule has 136 valence electrons. The summed E-state index contributed by atoms with van der Waals surface area (Å²) in [5.74, 6) is 0.401. The minimum absolute atomic E-state index is 0.0815. The van der Waals surface area contributed by atoms with Crippen molar-refractivity contribution in [2.75, 3.05) is 18.5 Å². The molecule has 0 amide bonds. The zero-order valence-electron chi connectivity index (χ0n) is 13.8. The molecule has 25 heavy (non-hydrogen) atoms. The van der Waals surface area contributed by atoms with Crippen molar-refractivity contribution in [3.63, 3.8) is 0 Å². The smallest absolute Gasteiger partial charge is 0.255 e. The van der Waals surface area contributed by atoms with Crippen LogP contribution in [0, 0.1) is 11.3 Å². The number of aromatic nitrogens is 3. The molecule has 1 aliphatic rings. The first-order chi connectivity index (χ1) is 12.0. The van der Waals surface area contributed by atoms with E-state index >= 15 is 0 Å². The summed E-state index contributed by atoms with van der Waals surface area (Å²) in [5, 5.41) is 10.9. The van der Waals surface area contributed by atoms with Crippen molar-refractivity contribution in [3.05, 3.63) is 17.5 Å². The summed E-state index contributed by atoms with van der Waals surface area (Å²) < 4.78 is 32.2. The molecule has 9 heteroatoms. The van der Waals surface area contributed by atoms with Gasteiger partial charge in [0.15, 0.2) is 11.5 Å². The molecule has 2 atom stereocenters. The summed E-state index contributed by atoms with van der Waals surface area (Å²) >= 11 is 6.06. The van der Waals surface area contributed by atoms with Gasteiger partial charge in [-0.1, -0.05) is 11.6 Å². The van der Waals surface area contributed by atoms with Gasteiger partial charge in [-0.15, -0.1) is 0 Å². The Bertz CT molecular complexity index is 766. The van der Waals surface area contributed by atoms with Crippen LogP contribution in [0.15, 0.2) is 12.4 Å². The Balaban J connectivity index is 1.85. The van der Waals surface area contributed by atoms with Crippen molar-refractivity contribution in [1.82, 2.24) is 14.5 Å². The van der Waals surface area contributed by atoms with Crippen LogP contribution in [0.2, 0.25) is 5.15 Å². The molecule has 2 aromatic rings. The fourth-order valence-electron chi connectivity index (χ4n) is 3.29. The Hall–Kier alpha value is -1.96. The lowest BCUT2D eigenvalue weighted by Crippen LogP contribution is -2.15. The van der Waals surface area contributed by atoms with Gasteiger partial charge in [0.25, 0.3) is 6.43 Å². The van der Waals surface area contributed by atoms with Gasteiger partial charge in [0.2, 0.25) is 0 Å². The maximum atomic E-state index is 12.5. The summed E-state index contributed by atoms with van der Waals surface area (Å²) in [4.78, 5) is 8.67.